The zero-order valence-corrected chi connectivity index (χ0v) is 46.6. The minimum Gasteiger partial charge on any atom is -0.461 e. The number of nitrogens with one attached hydrogen (secondary N) is 2. The van der Waals surface area contributed by atoms with Gasteiger partial charge in [0, 0.05) is 170 Å². The van der Waals surface area contributed by atoms with Crippen molar-refractivity contribution < 1.29 is 126 Å². The number of hydrogen-bond donors (Lipinski definition) is 4. The van der Waals surface area contributed by atoms with E-state index in [1.165, 1.54) is 20.0 Å². The minimum atomic E-state index is -3.80. The normalized spacial score (nSPS) is 11.4. The van der Waals surface area contributed by atoms with Crippen LogP contribution in [0.1, 0.15) is 80.1 Å². The molecule has 0 amide bonds. The summed E-state index contributed by atoms with van der Waals surface area (Å²) in [5.41, 5.74) is 9.84. The standard InChI is InChI=1S/C8H15NO.C7H11NO.C6H4ClNO4S.C5H9NO.C3H7Cl.C3H7N.C2H6ClN.CH4.2ClH.3Y/c1-4-6-9-8(5-2)7(3)10;1-2-6-7(9)4-3-5-8-6;7-13(11,12)6-3-1-5(2-4-6)8(9)10;1-3-5(6)4(2)7;1-2-3-4;1-4-2-3-4;3-1-2-4;;;;;;/h9H,2,4-6H2,1,3H3;8H,1-5H2;1-4H;1,3,6H2,2H3;2*2-3H2,1H3;1-2,4H2;1H4;2*1H;;;/q2*-2;;-2;;;;;;;;;. The van der Waals surface area contributed by atoms with Gasteiger partial charge in [-0.3, -0.25) is 47.5 Å². The molecule has 2 heterocycles. The van der Waals surface area contributed by atoms with Gasteiger partial charge in [-0.05, 0) is 71.8 Å². The summed E-state index contributed by atoms with van der Waals surface area (Å²) in [6.45, 7) is 22.8. The molecule has 0 bridgehead atoms. The van der Waals surface area contributed by atoms with Crippen molar-refractivity contribution >= 4 is 90.8 Å². The van der Waals surface area contributed by atoms with Gasteiger partial charge in [-0.2, -0.15) is 0 Å². The van der Waals surface area contributed by atoms with Crippen LogP contribution in [0.3, 0.4) is 0 Å². The number of piperidine rings is 1. The Hall–Kier alpha value is 1.75. The van der Waals surface area contributed by atoms with Crippen LogP contribution in [0.5, 0.6) is 0 Å². The fraction of sp³-hybridized carbons (Fsp3) is 0.571. The number of nitro groups is 1. The van der Waals surface area contributed by atoms with E-state index >= 15 is 0 Å². The van der Waals surface area contributed by atoms with Crippen molar-refractivity contribution in [3.05, 3.63) is 73.3 Å². The molecule has 0 spiro atoms. The van der Waals surface area contributed by atoms with E-state index in [0.717, 1.165) is 74.6 Å². The molecule has 3 rings (SSSR count). The van der Waals surface area contributed by atoms with Gasteiger partial charge in [-0.1, -0.05) is 21.3 Å². The zero-order chi connectivity index (χ0) is 40.4. The van der Waals surface area contributed by atoms with Gasteiger partial charge in [0.1, 0.15) is 0 Å². The average Bonchev–Trinajstić information content (AvgIpc) is 3.91. The Kier molecular flexibility index (Phi) is 80.7. The second kappa shape index (κ2) is 55.8. The molecule has 0 aromatic heterocycles. The van der Waals surface area contributed by atoms with Crippen molar-refractivity contribution in [3.63, 3.8) is 0 Å². The molecular weight excluding hydrogens is 1090 g/mol. The summed E-state index contributed by atoms with van der Waals surface area (Å²) in [5, 5.41) is 16.2. The molecule has 0 saturated carbocycles. The van der Waals surface area contributed by atoms with Crippen LogP contribution in [-0.4, -0.2) is 87.1 Å². The third-order valence-corrected chi connectivity index (χ3v) is 7.75. The summed E-state index contributed by atoms with van der Waals surface area (Å²) in [6, 6.07) is 6.22. The summed E-state index contributed by atoms with van der Waals surface area (Å²) < 4.78 is 21.4. The average molecular weight is 1160 g/mol. The maximum Gasteiger partial charge on any atom is 0.269 e. The summed E-state index contributed by atoms with van der Waals surface area (Å²) in [7, 11) is 3.31. The Bertz CT molecular complexity index is 1160. The van der Waals surface area contributed by atoms with Crippen molar-refractivity contribution in [3.8, 4) is 0 Å². The molecule has 0 aliphatic carbocycles. The number of nitrogens with zero attached hydrogens (tertiary/aromatic N) is 2. The number of ketones is 3. The number of carbonyl (C=O) groups is 3. The van der Waals surface area contributed by atoms with Gasteiger partial charge in [-0.25, -0.2) is 8.42 Å². The van der Waals surface area contributed by atoms with Crippen LogP contribution in [0.15, 0.2) is 29.2 Å². The van der Waals surface area contributed by atoms with Crippen molar-refractivity contribution in [2.75, 3.05) is 51.5 Å². The van der Waals surface area contributed by atoms with Crippen LogP contribution in [-0.2, 0) is 122 Å². The minimum absolute atomic E-state index is 0. The van der Waals surface area contributed by atoms with Crippen LogP contribution in [0.2, 0.25) is 0 Å². The second-order valence-corrected chi connectivity index (χ2v) is 13.7. The molecule has 0 atom stereocenters. The van der Waals surface area contributed by atoms with E-state index in [0.29, 0.717) is 44.1 Å². The number of non-ortho nitro benzene ring substituents is 1. The molecule has 0 unspecified atom stereocenters. The third-order valence-electron chi connectivity index (χ3n) is 5.79. The first-order chi connectivity index (χ1) is 23.9. The van der Waals surface area contributed by atoms with Crippen molar-refractivity contribution in [2.24, 2.45) is 11.5 Å². The Balaban J connectivity index is -0.0000000578. The van der Waals surface area contributed by atoms with E-state index in [-0.39, 0.29) is 158 Å². The number of Topliss-reactive ketones (excluding diaryl/α,β-unsaturated/α-hetero) is 3. The number of rotatable bonds is 12. The monoisotopic (exact) mass is 1160 g/mol. The molecule has 1 aromatic rings. The summed E-state index contributed by atoms with van der Waals surface area (Å²) in [4.78, 5) is 43.5. The van der Waals surface area contributed by atoms with Gasteiger partial charge in [0.05, 0.1) is 9.82 Å². The van der Waals surface area contributed by atoms with Crippen LogP contribution in [0, 0.1) is 49.0 Å². The molecule has 2 saturated heterocycles. The summed E-state index contributed by atoms with van der Waals surface area (Å²) >= 11 is 10.2. The molecule has 1 aromatic carbocycles. The van der Waals surface area contributed by atoms with E-state index in [1.807, 2.05) is 6.92 Å². The number of alkyl halides is 2. The van der Waals surface area contributed by atoms with Crippen LogP contribution in [0.4, 0.5) is 5.69 Å². The Morgan fingerprint density at radius 2 is 1.44 bits per heavy atom. The quantitative estimate of drug-likeness (QED) is 0.0415. The number of nitro benzene ring substituents is 1. The molecule has 57 heavy (non-hydrogen) atoms. The maximum atomic E-state index is 10.9. The first-order valence-corrected chi connectivity index (χ1v) is 19.7. The number of nitrogens with two attached hydrogens (primary N) is 2. The van der Waals surface area contributed by atoms with E-state index in [9.17, 15) is 32.9 Å². The second-order valence-electron chi connectivity index (χ2n) is 10.4. The van der Waals surface area contributed by atoms with E-state index < -0.39 is 14.0 Å². The molecule has 6 N–H and O–H groups in total. The number of halogens is 5. The number of hydrogen-bond acceptors (Lipinski definition) is 12. The SMILES string of the molecule is C.CCCCl.CN1CC1.Cl.Cl.NCCCl.O=[N+]([O-])c1ccc(S(=O)(=O)Cl)cc1.[CH2-]C[C-](N)C(C)=O.[CH2-]C[C-](NCCC)C(C)=O.[CH2-]C[C-]1NCCCC1=O.[Y].[Y].[Y]. The topological polar surface area (TPSA) is 208 Å². The maximum absolute atomic E-state index is 10.9. The van der Waals surface area contributed by atoms with Crippen LogP contribution < -0.4 is 22.1 Å². The first-order valence-electron chi connectivity index (χ1n) is 16.3. The molecule has 2 aliphatic heterocycles. The van der Waals surface area contributed by atoms with Gasteiger partial charge >= 0.3 is 0 Å². The number of likely N-dealkylation sites (N-methyl/N-ethyl adjacent to an activating group) is 1. The summed E-state index contributed by atoms with van der Waals surface area (Å²) in [5.74, 6) is 1.63. The predicted octanol–water partition coefficient (Wildman–Crippen LogP) is 7.06. The summed E-state index contributed by atoms with van der Waals surface area (Å²) in [6.07, 6.45) is 5.39. The van der Waals surface area contributed by atoms with Gasteiger partial charge in [-0.15, -0.1) is 48.0 Å². The third kappa shape index (κ3) is 57.8. The smallest absolute Gasteiger partial charge is 0.269 e. The Morgan fingerprint density at radius 3 is 1.63 bits per heavy atom. The van der Waals surface area contributed by atoms with Gasteiger partial charge < -0.3 is 62.2 Å². The zero-order valence-electron chi connectivity index (χ0n) is 33.3. The molecule has 333 valence electrons. The van der Waals surface area contributed by atoms with Crippen LogP contribution >= 0.6 is 58.7 Å². The van der Waals surface area contributed by atoms with Gasteiger partial charge in [0.25, 0.3) is 14.7 Å². The van der Waals surface area contributed by atoms with Crippen molar-refractivity contribution in [1.82, 2.24) is 15.5 Å². The molecule has 22 heteroatoms. The fourth-order valence-electron chi connectivity index (χ4n) is 2.64. The van der Waals surface area contributed by atoms with E-state index in [4.69, 9.17) is 45.4 Å². The number of carbonyl (C=O) groups excluding carboxylic acids is 3. The molecule has 13 nitrogen and oxygen atoms in total. The molecule has 2 aliphatic rings. The van der Waals surface area contributed by atoms with Crippen LogP contribution in [0.25, 0.3) is 0 Å². The Labute approximate surface area is 447 Å². The van der Waals surface area contributed by atoms with E-state index in [1.54, 1.807) is 6.92 Å². The van der Waals surface area contributed by atoms with Crippen molar-refractivity contribution in [1.29, 1.82) is 0 Å². The first kappa shape index (κ1) is 82.4. The van der Waals surface area contributed by atoms with Crippen molar-refractivity contribution in [2.45, 2.75) is 85.0 Å². The molecule has 3 radical (unpaired) electrons. The molecular formula is C35H65Cl5N6O7SY3-6. The fourth-order valence-corrected chi connectivity index (χ4v) is 3.41. The van der Waals surface area contributed by atoms with Gasteiger partial charge in [0.15, 0.2) is 0 Å². The predicted molar refractivity (Wildman–Crippen MR) is 231 cm³/mol. The molecule has 2 fully saturated rings. The Morgan fingerprint density at radius 1 is 1.00 bits per heavy atom. The van der Waals surface area contributed by atoms with E-state index in [2.05, 4.69) is 50.3 Å². The number of benzene rings is 1. The largest absolute Gasteiger partial charge is 0.461 e. The van der Waals surface area contributed by atoms with Gasteiger partial charge in [0.2, 0.25) is 0 Å².